The number of H-pyrrole nitrogens is 1. The number of nitrogens with zero attached hydrogens (tertiary/aromatic N) is 3. The van der Waals surface area contributed by atoms with Crippen LogP contribution < -0.4 is 5.69 Å². The van der Waals surface area contributed by atoms with Crippen LogP contribution in [0.2, 0.25) is 0 Å². The molecule has 0 bridgehead atoms. The van der Waals surface area contributed by atoms with E-state index in [4.69, 9.17) is 14.3 Å². The van der Waals surface area contributed by atoms with E-state index in [1.165, 1.54) is 0 Å². The number of rotatable bonds is 6. The van der Waals surface area contributed by atoms with Crippen LogP contribution in [0.1, 0.15) is 36.7 Å². The van der Waals surface area contributed by atoms with Crippen LogP contribution in [0.4, 0.5) is 0 Å². The second-order valence-corrected chi connectivity index (χ2v) is 5.70. The van der Waals surface area contributed by atoms with E-state index in [1.54, 1.807) is 17.7 Å². The number of hydrogen-bond acceptors (Lipinski definition) is 6. The molecular weight excluding hydrogens is 300 g/mol. The highest BCUT2D eigenvalue weighted by molar-refractivity contribution is 5.09. The minimum absolute atomic E-state index is 0.0125. The van der Waals surface area contributed by atoms with Crippen molar-refractivity contribution in [3.05, 3.63) is 40.0 Å². The zero-order chi connectivity index (χ0) is 16.4. The van der Waals surface area contributed by atoms with Crippen LogP contribution in [-0.2, 0) is 24.4 Å². The van der Waals surface area contributed by atoms with Crippen molar-refractivity contribution < 1.29 is 14.3 Å². The Kier molecular flexibility index (Phi) is 4.65. The smallest absolute Gasteiger partial charge is 0.343 e. The van der Waals surface area contributed by atoms with Gasteiger partial charge in [0.1, 0.15) is 18.1 Å². The van der Waals surface area contributed by atoms with E-state index < -0.39 is 0 Å². The van der Waals surface area contributed by atoms with E-state index in [-0.39, 0.29) is 24.4 Å². The summed E-state index contributed by atoms with van der Waals surface area (Å²) in [4.78, 5) is 14.0. The molecule has 0 radical (unpaired) electrons. The van der Waals surface area contributed by atoms with E-state index in [2.05, 4.69) is 15.1 Å². The molecule has 8 nitrogen and oxygen atoms in total. The molecule has 0 amide bonds. The SMILES string of the molecule is CCn1c([C@@H]2C[C@H](OC)CN2Cc2ccc(CO)o2)n[nH]c1=O. The van der Waals surface area contributed by atoms with Crippen LogP contribution >= 0.6 is 0 Å². The van der Waals surface area contributed by atoms with E-state index >= 15 is 0 Å². The van der Waals surface area contributed by atoms with Gasteiger partial charge in [-0.15, -0.1) is 0 Å². The first kappa shape index (κ1) is 16.0. The van der Waals surface area contributed by atoms with Gasteiger partial charge in [0.05, 0.1) is 18.7 Å². The fraction of sp³-hybridized carbons (Fsp3) is 0.600. The Morgan fingerprint density at radius 3 is 2.91 bits per heavy atom. The predicted octanol–water partition coefficient (Wildman–Crippen LogP) is 0.639. The number of aromatic nitrogens is 3. The molecule has 1 aliphatic rings. The highest BCUT2D eigenvalue weighted by atomic mass is 16.5. The second kappa shape index (κ2) is 6.69. The minimum Gasteiger partial charge on any atom is -0.462 e. The van der Waals surface area contributed by atoms with Gasteiger partial charge in [-0.25, -0.2) is 9.89 Å². The molecule has 2 aromatic rings. The zero-order valence-corrected chi connectivity index (χ0v) is 13.4. The maximum Gasteiger partial charge on any atom is 0.343 e. The van der Waals surface area contributed by atoms with Crippen molar-refractivity contribution in [1.29, 1.82) is 0 Å². The first-order chi connectivity index (χ1) is 11.2. The number of aliphatic hydroxyl groups is 1. The first-order valence-corrected chi connectivity index (χ1v) is 7.76. The summed E-state index contributed by atoms with van der Waals surface area (Å²) < 4.78 is 12.7. The van der Waals surface area contributed by atoms with E-state index in [9.17, 15) is 4.79 Å². The predicted molar refractivity (Wildman–Crippen MR) is 81.7 cm³/mol. The minimum atomic E-state index is -0.191. The lowest BCUT2D eigenvalue weighted by Gasteiger charge is -2.22. The normalized spacial score (nSPS) is 22.0. The zero-order valence-electron chi connectivity index (χ0n) is 13.4. The summed E-state index contributed by atoms with van der Waals surface area (Å²) in [5.41, 5.74) is -0.191. The van der Waals surface area contributed by atoms with Gasteiger partial charge in [-0.3, -0.25) is 9.47 Å². The standard InChI is InChI=1S/C15H22N4O4/c1-3-19-14(16-17-15(19)21)13-6-12(22-2)8-18(13)7-10-4-5-11(9-20)23-10/h4-5,12-13,20H,3,6-9H2,1-2H3,(H,17,21)/t12-,13-/m0/s1. The molecular formula is C15H22N4O4. The van der Waals surface area contributed by atoms with Crippen LogP contribution in [0.5, 0.6) is 0 Å². The molecule has 23 heavy (non-hydrogen) atoms. The third kappa shape index (κ3) is 3.10. The Hall–Kier alpha value is -1.90. The molecule has 2 atom stereocenters. The monoisotopic (exact) mass is 322 g/mol. The number of aromatic amines is 1. The highest BCUT2D eigenvalue weighted by Gasteiger charge is 2.36. The van der Waals surface area contributed by atoms with Gasteiger partial charge in [-0.05, 0) is 25.5 Å². The van der Waals surface area contributed by atoms with Gasteiger partial charge in [-0.2, -0.15) is 5.10 Å². The molecule has 2 aromatic heterocycles. The Balaban J connectivity index is 1.85. The average Bonchev–Trinajstić information content (AvgIpc) is 3.25. The molecule has 8 heteroatoms. The lowest BCUT2D eigenvalue weighted by Crippen LogP contribution is -2.28. The summed E-state index contributed by atoms with van der Waals surface area (Å²) in [6, 6.07) is 3.62. The maximum atomic E-state index is 11.8. The van der Waals surface area contributed by atoms with Crippen molar-refractivity contribution >= 4 is 0 Å². The Morgan fingerprint density at radius 1 is 1.48 bits per heavy atom. The number of nitrogens with one attached hydrogen (secondary N) is 1. The van der Waals surface area contributed by atoms with Crippen LogP contribution in [0.3, 0.4) is 0 Å². The van der Waals surface area contributed by atoms with Crippen molar-refractivity contribution in [2.24, 2.45) is 0 Å². The fourth-order valence-corrected chi connectivity index (χ4v) is 3.16. The molecule has 0 aliphatic carbocycles. The van der Waals surface area contributed by atoms with Gasteiger partial charge in [0.25, 0.3) is 0 Å². The summed E-state index contributed by atoms with van der Waals surface area (Å²) in [5.74, 6) is 2.05. The number of ether oxygens (including phenoxy) is 1. The number of aliphatic hydroxyl groups excluding tert-OH is 1. The molecule has 3 rings (SSSR count). The molecule has 0 spiro atoms. The Morgan fingerprint density at radius 2 is 2.26 bits per heavy atom. The van der Waals surface area contributed by atoms with E-state index in [0.717, 1.165) is 24.6 Å². The lowest BCUT2D eigenvalue weighted by molar-refractivity contribution is 0.106. The molecule has 1 saturated heterocycles. The van der Waals surface area contributed by atoms with Gasteiger partial charge in [-0.1, -0.05) is 0 Å². The molecule has 1 aliphatic heterocycles. The quantitative estimate of drug-likeness (QED) is 0.810. The van der Waals surface area contributed by atoms with E-state index in [0.29, 0.717) is 18.8 Å². The van der Waals surface area contributed by atoms with Crippen molar-refractivity contribution in [3.63, 3.8) is 0 Å². The third-order valence-corrected chi connectivity index (χ3v) is 4.33. The van der Waals surface area contributed by atoms with Crippen molar-refractivity contribution in [1.82, 2.24) is 19.7 Å². The summed E-state index contributed by atoms with van der Waals surface area (Å²) in [6.07, 6.45) is 0.860. The highest BCUT2D eigenvalue weighted by Crippen LogP contribution is 2.33. The summed E-state index contributed by atoms with van der Waals surface area (Å²) in [6.45, 7) is 3.70. The Bertz CT molecular complexity index is 704. The lowest BCUT2D eigenvalue weighted by atomic mass is 10.2. The van der Waals surface area contributed by atoms with Crippen LogP contribution in [0, 0.1) is 0 Å². The van der Waals surface area contributed by atoms with Gasteiger partial charge >= 0.3 is 5.69 Å². The van der Waals surface area contributed by atoms with Gasteiger partial charge < -0.3 is 14.3 Å². The van der Waals surface area contributed by atoms with Gasteiger partial charge in [0, 0.05) is 20.2 Å². The Labute approximate surface area is 133 Å². The number of furan rings is 1. The fourth-order valence-electron chi connectivity index (χ4n) is 3.16. The summed E-state index contributed by atoms with van der Waals surface area (Å²) in [5, 5.41) is 15.9. The number of methoxy groups -OCH3 is 1. The molecule has 0 aromatic carbocycles. The molecule has 3 heterocycles. The van der Waals surface area contributed by atoms with Crippen molar-refractivity contribution in [2.75, 3.05) is 13.7 Å². The second-order valence-electron chi connectivity index (χ2n) is 5.70. The van der Waals surface area contributed by atoms with Crippen LogP contribution in [0.25, 0.3) is 0 Å². The first-order valence-electron chi connectivity index (χ1n) is 7.76. The van der Waals surface area contributed by atoms with Crippen LogP contribution in [-0.4, -0.2) is 44.5 Å². The molecule has 1 fully saturated rings. The molecule has 0 saturated carbocycles. The topological polar surface area (TPSA) is 96.5 Å². The number of likely N-dealkylation sites (tertiary alicyclic amines) is 1. The third-order valence-electron chi connectivity index (χ3n) is 4.33. The van der Waals surface area contributed by atoms with Gasteiger partial charge in [0.2, 0.25) is 0 Å². The molecule has 2 N–H and O–H groups in total. The molecule has 126 valence electrons. The van der Waals surface area contributed by atoms with Gasteiger partial charge in [0.15, 0.2) is 5.82 Å². The maximum absolute atomic E-state index is 11.8. The summed E-state index contributed by atoms with van der Waals surface area (Å²) >= 11 is 0. The number of hydrogen-bond donors (Lipinski definition) is 2. The average molecular weight is 322 g/mol. The largest absolute Gasteiger partial charge is 0.462 e. The van der Waals surface area contributed by atoms with Crippen molar-refractivity contribution in [2.45, 2.75) is 45.2 Å². The van der Waals surface area contributed by atoms with Crippen LogP contribution in [0.15, 0.2) is 21.3 Å². The van der Waals surface area contributed by atoms with Crippen molar-refractivity contribution in [3.8, 4) is 0 Å². The summed E-state index contributed by atoms with van der Waals surface area (Å²) in [7, 11) is 1.69. The van der Waals surface area contributed by atoms with E-state index in [1.807, 2.05) is 13.0 Å². The molecule has 0 unspecified atom stereocenters.